The fourth-order valence-electron chi connectivity index (χ4n) is 3.75. The number of nitrogens with zero attached hydrogens (tertiary/aromatic N) is 4. The van der Waals surface area contributed by atoms with Crippen LogP contribution in [0.1, 0.15) is 31.5 Å². The molecule has 1 unspecified atom stereocenters. The molecular formula is C18H24N4O4S2. The van der Waals surface area contributed by atoms with Crippen LogP contribution in [0.2, 0.25) is 0 Å². The number of benzene rings is 1. The Balaban J connectivity index is 1.59. The summed E-state index contributed by atoms with van der Waals surface area (Å²) in [7, 11) is -3.62. The van der Waals surface area contributed by atoms with Gasteiger partial charge in [0, 0.05) is 31.6 Å². The second-order valence-electron chi connectivity index (χ2n) is 6.80. The number of fused-ring (bicyclic) bond motifs is 1. The van der Waals surface area contributed by atoms with E-state index in [0.29, 0.717) is 37.8 Å². The lowest BCUT2D eigenvalue weighted by molar-refractivity contribution is 0.171. The fourth-order valence-corrected chi connectivity index (χ4v) is 5.86. The van der Waals surface area contributed by atoms with Crippen molar-refractivity contribution < 1.29 is 17.9 Å². The summed E-state index contributed by atoms with van der Waals surface area (Å²) >= 11 is 1.55. The molecule has 0 spiro atoms. The van der Waals surface area contributed by atoms with Gasteiger partial charge in [0.2, 0.25) is 10.0 Å². The summed E-state index contributed by atoms with van der Waals surface area (Å²) in [5.74, 6) is 1.97. The lowest BCUT2D eigenvalue weighted by Gasteiger charge is -2.31. The standard InChI is InChI=1S/C18H24N4O4S2/c1-3-22-17(19-20-18(22)27-2)13-5-4-8-21(12-13)28(23,24)14-6-7-15-16(11-14)26-10-9-25-15/h6-7,11,13H,3-5,8-10,12H2,1-2H3. The molecule has 1 atom stereocenters. The third kappa shape index (κ3) is 3.48. The third-order valence-electron chi connectivity index (χ3n) is 5.14. The Morgan fingerprint density at radius 2 is 2.00 bits per heavy atom. The van der Waals surface area contributed by atoms with Crippen LogP contribution in [0, 0.1) is 0 Å². The highest BCUT2D eigenvalue weighted by atomic mass is 32.2. The molecule has 0 bridgehead atoms. The highest BCUT2D eigenvalue weighted by molar-refractivity contribution is 7.98. The first-order valence-corrected chi connectivity index (χ1v) is 12.1. The van der Waals surface area contributed by atoms with Crippen LogP contribution >= 0.6 is 11.8 Å². The Morgan fingerprint density at radius 1 is 1.21 bits per heavy atom. The number of sulfonamides is 1. The monoisotopic (exact) mass is 424 g/mol. The van der Waals surface area contributed by atoms with Gasteiger partial charge >= 0.3 is 0 Å². The van der Waals surface area contributed by atoms with E-state index in [2.05, 4.69) is 21.7 Å². The van der Waals surface area contributed by atoms with Crippen LogP contribution in [0.5, 0.6) is 11.5 Å². The molecular weight excluding hydrogens is 400 g/mol. The molecule has 0 aliphatic carbocycles. The zero-order valence-electron chi connectivity index (χ0n) is 16.0. The number of ether oxygens (including phenoxy) is 2. The SMILES string of the molecule is CCn1c(SC)nnc1C1CCCN(S(=O)(=O)c2ccc3c(c2)OCCO3)C1. The van der Waals surface area contributed by atoms with Gasteiger partial charge in [0.25, 0.3) is 0 Å². The van der Waals surface area contributed by atoms with Gasteiger partial charge in [-0.3, -0.25) is 0 Å². The summed E-state index contributed by atoms with van der Waals surface area (Å²) < 4.78 is 41.2. The summed E-state index contributed by atoms with van der Waals surface area (Å²) in [4.78, 5) is 0.235. The molecule has 10 heteroatoms. The third-order valence-corrected chi connectivity index (χ3v) is 7.67. The molecule has 2 aromatic rings. The smallest absolute Gasteiger partial charge is 0.243 e. The minimum atomic E-state index is -3.62. The molecule has 4 rings (SSSR count). The molecule has 1 fully saturated rings. The quantitative estimate of drug-likeness (QED) is 0.681. The lowest BCUT2D eigenvalue weighted by atomic mass is 9.99. The first kappa shape index (κ1) is 19.5. The summed E-state index contributed by atoms with van der Waals surface area (Å²) in [5.41, 5.74) is 0. The van der Waals surface area contributed by atoms with Crippen LogP contribution in [-0.2, 0) is 16.6 Å². The van der Waals surface area contributed by atoms with Crippen LogP contribution in [0.25, 0.3) is 0 Å². The predicted molar refractivity (Wildman–Crippen MR) is 106 cm³/mol. The van der Waals surface area contributed by atoms with Gasteiger partial charge in [-0.25, -0.2) is 8.42 Å². The van der Waals surface area contributed by atoms with Crippen LogP contribution in [0.3, 0.4) is 0 Å². The van der Waals surface area contributed by atoms with Gasteiger partial charge in [0.1, 0.15) is 19.0 Å². The van der Waals surface area contributed by atoms with Crippen molar-refractivity contribution >= 4 is 21.8 Å². The van der Waals surface area contributed by atoms with Crippen LogP contribution in [-0.4, -0.2) is 60.0 Å². The zero-order chi connectivity index (χ0) is 19.7. The number of aromatic nitrogens is 3. The van der Waals surface area contributed by atoms with Crippen molar-refractivity contribution in [2.75, 3.05) is 32.6 Å². The molecule has 28 heavy (non-hydrogen) atoms. The van der Waals surface area contributed by atoms with E-state index in [1.807, 2.05) is 6.26 Å². The van der Waals surface area contributed by atoms with Crippen LogP contribution < -0.4 is 9.47 Å². The van der Waals surface area contributed by atoms with Crippen molar-refractivity contribution in [3.63, 3.8) is 0 Å². The van der Waals surface area contributed by atoms with Crippen molar-refractivity contribution in [2.24, 2.45) is 0 Å². The summed E-state index contributed by atoms with van der Waals surface area (Å²) in [6.07, 6.45) is 3.67. The van der Waals surface area contributed by atoms with Gasteiger partial charge in [-0.05, 0) is 38.2 Å². The number of piperidine rings is 1. The van der Waals surface area contributed by atoms with E-state index < -0.39 is 10.0 Å². The Kier molecular flexibility index (Phi) is 5.52. The second kappa shape index (κ2) is 7.92. The minimum Gasteiger partial charge on any atom is -0.486 e. The molecule has 1 saturated heterocycles. The van der Waals surface area contributed by atoms with Gasteiger partial charge in [0.15, 0.2) is 16.7 Å². The van der Waals surface area contributed by atoms with E-state index in [9.17, 15) is 8.42 Å². The maximum absolute atomic E-state index is 13.2. The van der Waals surface area contributed by atoms with E-state index >= 15 is 0 Å². The predicted octanol–water partition coefficient (Wildman–Crippen LogP) is 2.36. The Bertz CT molecular complexity index is 960. The van der Waals surface area contributed by atoms with E-state index in [1.54, 1.807) is 34.3 Å². The van der Waals surface area contributed by atoms with Gasteiger partial charge < -0.3 is 14.0 Å². The van der Waals surface area contributed by atoms with Crippen molar-refractivity contribution in [1.82, 2.24) is 19.1 Å². The summed E-state index contributed by atoms with van der Waals surface area (Å²) in [6.45, 7) is 4.63. The molecule has 152 valence electrons. The van der Waals surface area contributed by atoms with E-state index in [4.69, 9.17) is 9.47 Å². The molecule has 0 radical (unpaired) electrons. The fraction of sp³-hybridized carbons (Fsp3) is 0.556. The molecule has 1 aromatic carbocycles. The first-order chi connectivity index (χ1) is 13.5. The summed E-state index contributed by atoms with van der Waals surface area (Å²) in [5, 5.41) is 9.48. The number of thioether (sulfide) groups is 1. The maximum Gasteiger partial charge on any atom is 0.243 e. The molecule has 0 saturated carbocycles. The van der Waals surface area contributed by atoms with E-state index in [0.717, 1.165) is 30.4 Å². The van der Waals surface area contributed by atoms with Crippen molar-refractivity contribution in [3.05, 3.63) is 24.0 Å². The van der Waals surface area contributed by atoms with Gasteiger partial charge in [-0.2, -0.15) is 4.31 Å². The van der Waals surface area contributed by atoms with E-state index in [-0.39, 0.29) is 10.8 Å². The highest BCUT2D eigenvalue weighted by Gasteiger charge is 2.34. The molecule has 0 N–H and O–H groups in total. The minimum absolute atomic E-state index is 0.0362. The van der Waals surface area contributed by atoms with Gasteiger partial charge in [-0.15, -0.1) is 10.2 Å². The Labute approximate surface area is 169 Å². The average Bonchev–Trinajstić information content (AvgIpc) is 3.16. The van der Waals surface area contributed by atoms with E-state index in [1.165, 1.54) is 0 Å². The first-order valence-electron chi connectivity index (χ1n) is 9.41. The molecule has 1 aromatic heterocycles. The van der Waals surface area contributed by atoms with Crippen molar-refractivity contribution in [1.29, 1.82) is 0 Å². The second-order valence-corrected chi connectivity index (χ2v) is 9.51. The zero-order valence-corrected chi connectivity index (χ0v) is 17.6. The molecule has 2 aliphatic heterocycles. The van der Waals surface area contributed by atoms with Crippen LogP contribution in [0.15, 0.2) is 28.3 Å². The number of rotatable bonds is 5. The van der Waals surface area contributed by atoms with Gasteiger partial charge in [-0.1, -0.05) is 11.8 Å². The topological polar surface area (TPSA) is 86.6 Å². The molecule has 2 aliphatic rings. The van der Waals surface area contributed by atoms with Crippen LogP contribution in [0.4, 0.5) is 0 Å². The highest BCUT2D eigenvalue weighted by Crippen LogP contribution is 2.35. The number of hydrogen-bond donors (Lipinski definition) is 0. The Morgan fingerprint density at radius 3 is 2.75 bits per heavy atom. The molecule has 8 nitrogen and oxygen atoms in total. The largest absolute Gasteiger partial charge is 0.486 e. The maximum atomic E-state index is 13.2. The molecule has 0 amide bonds. The van der Waals surface area contributed by atoms with Crippen molar-refractivity contribution in [2.45, 2.75) is 42.3 Å². The normalized spacial score (nSPS) is 20.3. The number of hydrogen-bond acceptors (Lipinski definition) is 7. The van der Waals surface area contributed by atoms with Gasteiger partial charge in [0.05, 0.1) is 4.90 Å². The summed E-state index contributed by atoms with van der Waals surface area (Å²) in [6, 6.07) is 4.82. The molecule has 3 heterocycles. The lowest BCUT2D eigenvalue weighted by Crippen LogP contribution is -2.39. The Hall–Kier alpha value is -1.78. The van der Waals surface area contributed by atoms with Crippen molar-refractivity contribution in [3.8, 4) is 11.5 Å². The average molecular weight is 425 g/mol.